The Bertz CT molecular complexity index is 534. The highest BCUT2D eigenvalue weighted by Gasteiger charge is 2.16. The minimum absolute atomic E-state index is 0.228. The Morgan fingerprint density at radius 2 is 1.86 bits per heavy atom. The van der Waals surface area contributed by atoms with Gasteiger partial charge in [0.2, 0.25) is 11.8 Å². The molecule has 0 radical (unpaired) electrons. The zero-order valence-electron chi connectivity index (χ0n) is 11.9. The zero-order chi connectivity index (χ0) is 15.8. The molecule has 0 aliphatic carbocycles. The quantitative estimate of drug-likeness (QED) is 0.723. The maximum Gasteiger partial charge on any atom is 0.253 e. The molecule has 0 saturated heterocycles. The van der Waals surface area contributed by atoms with Crippen LogP contribution in [0.25, 0.3) is 0 Å². The van der Waals surface area contributed by atoms with Crippen molar-refractivity contribution in [3.8, 4) is 0 Å². The molecule has 1 aromatic carbocycles. The Morgan fingerprint density at radius 1 is 1.19 bits per heavy atom. The van der Waals surface area contributed by atoms with Crippen molar-refractivity contribution < 1.29 is 14.4 Å². The first kappa shape index (κ1) is 17.0. The number of carbonyl (C=O) groups excluding carboxylic acids is 3. The number of amides is 3. The van der Waals surface area contributed by atoms with Gasteiger partial charge in [0, 0.05) is 6.54 Å². The predicted octanol–water partition coefficient (Wildman–Crippen LogP) is 0.711. The number of benzene rings is 1. The van der Waals surface area contributed by atoms with Crippen LogP contribution < -0.4 is 16.0 Å². The number of hydrogen-bond acceptors (Lipinski definition) is 3. The molecule has 114 valence electrons. The van der Waals surface area contributed by atoms with E-state index in [-0.39, 0.29) is 12.5 Å². The van der Waals surface area contributed by atoms with E-state index in [1.807, 2.05) is 0 Å². The van der Waals surface area contributed by atoms with Crippen LogP contribution in [0.1, 0.15) is 24.2 Å². The third kappa shape index (κ3) is 5.43. The number of hydrogen-bond donors (Lipinski definition) is 3. The normalized spacial score (nSPS) is 11.4. The van der Waals surface area contributed by atoms with E-state index in [2.05, 4.69) is 16.0 Å². The van der Waals surface area contributed by atoms with Gasteiger partial charge in [0.25, 0.3) is 5.91 Å². The molecule has 3 N–H and O–H groups in total. The molecule has 0 aliphatic heterocycles. The van der Waals surface area contributed by atoms with Gasteiger partial charge in [-0.2, -0.15) is 0 Å². The van der Waals surface area contributed by atoms with Crippen LogP contribution in [0.3, 0.4) is 0 Å². The van der Waals surface area contributed by atoms with Gasteiger partial charge in [-0.05, 0) is 26.0 Å². The molecular weight excluding hydrogens is 294 g/mol. The first-order valence-electron chi connectivity index (χ1n) is 6.55. The van der Waals surface area contributed by atoms with E-state index < -0.39 is 17.9 Å². The summed E-state index contributed by atoms with van der Waals surface area (Å²) in [7, 11) is 0. The molecule has 3 amide bonds. The molecule has 6 nitrogen and oxygen atoms in total. The Balaban J connectivity index is 2.45. The van der Waals surface area contributed by atoms with Crippen molar-refractivity contribution in [2.75, 3.05) is 13.1 Å². The van der Waals surface area contributed by atoms with Crippen molar-refractivity contribution in [1.82, 2.24) is 16.0 Å². The number of carbonyl (C=O) groups is 3. The number of likely N-dealkylation sites (N-methyl/N-ethyl adjacent to an activating group) is 1. The van der Waals surface area contributed by atoms with Crippen LogP contribution in [0, 0.1) is 0 Å². The van der Waals surface area contributed by atoms with E-state index in [4.69, 9.17) is 11.6 Å². The molecule has 1 atom stereocenters. The fourth-order valence-corrected chi connectivity index (χ4v) is 1.81. The molecule has 0 spiro atoms. The summed E-state index contributed by atoms with van der Waals surface area (Å²) in [4.78, 5) is 34.9. The van der Waals surface area contributed by atoms with Crippen LogP contribution >= 0.6 is 11.6 Å². The SMILES string of the molecule is CCNC(=O)[C@@H](C)NC(=O)CNC(=O)c1ccccc1Cl. The van der Waals surface area contributed by atoms with Crippen molar-refractivity contribution >= 4 is 29.3 Å². The predicted molar refractivity (Wildman–Crippen MR) is 80.1 cm³/mol. The van der Waals surface area contributed by atoms with Crippen LogP contribution in [0.15, 0.2) is 24.3 Å². The topological polar surface area (TPSA) is 87.3 Å². The second-order valence-electron chi connectivity index (χ2n) is 4.35. The van der Waals surface area contributed by atoms with Gasteiger partial charge >= 0.3 is 0 Å². The number of halogens is 1. The smallest absolute Gasteiger partial charge is 0.253 e. The molecule has 1 rings (SSSR count). The third-order valence-corrected chi connectivity index (χ3v) is 2.98. The maximum absolute atomic E-state index is 11.8. The summed E-state index contributed by atoms with van der Waals surface area (Å²) >= 11 is 5.88. The molecule has 0 heterocycles. The molecule has 21 heavy (non-hydrogen) atoms. The molecule has 7 heteroatoms. The summed E-state index contributed by atoms with van der Waals surface area (Å²) in [6.45, 7) is 3.62. The van der Waals surface area contributed by atoms with E-state index in [1.165, 1.54) is 0 Å². The molecule has 0 saturated carbocycles. The van der Waals surface area contributed by atoms with Crippen molar-refractivity contribution in [2.24, 2.45) is 0 Å². The van der Waals surface area contributed by atoms with Gasteiger partial charge in [0.15, 0.2) is 0 Å². The minimum atomic E-state index is -0.658. The van der Waals surface area contributed by atoms with Crippen LogP contribution in [0.2, 0.25) is 5.02 Å². The van der Waals surface area contributed by atoms with Crippen molar-refractivity contribution in [1.29, 1.82) is 0 Å². The highest BCUT2D eigenvalue weighted by molar-refractivity contribution is 6.33. The van der Waals surface area contributed by atoms with Crippen molar-refractivity contribution in [3.63, 3.8) is 0 Å². The lowest BCUT2D eigenvalue weighted by molar-refractivity contribution is -0.128. The molecule has 0 aliphatic rings. The molecule has 0 bridgehead atoms. The van der Waals surface area contributed by atoms with Gasteiger partial charge in [-0.15, -0.1) is 0 Å². The minimum Gasteiger partial charge on any atom is -0.355 e. The van der Waals surface area contributed by atoms with Gasteiger partial charge in [-0.25, -0.2) is 0 Å². The van der Waals surface area contributed by atoms with Crippen LogP contribution in [0.5, 0.6) is 0 Å². The summed E-state index contributed by atoms with van der Waals surface area (Å²) in [5.41, 5.74) is 0.295. The van der Waals surface area contributed by atoms with Gasteiger partial charge in [-0.1, -0.05) is 23.7 Å². The molecule has 0 aromatic heterocycles. The van der Waals surface area contributed by atoms with Crippen molar-refractivity contribution in [2.45, 2.75) is 19.9 Å². The van der Waals surface area contributed by atoms with Gasteiger partial charge in [-0.3, -0.25) is 14.4 Å². The average molecular weight is 312 g/mol. The molecule has 1 aromatic rings. The van der Waals surface area contributed by atoms with E-state index in [1.54, 1.807) is 38.1 Å². The highest BCUT2D eigenvalue weighted by Crippen LogP contribution is 2.14. The summed E-state index contributed by atoms with van der Waals surface area (Å²) in [5.74, 6) is -1.17. The first-order chi connectivity index (χ1) is 9.95. The van der Waals surface area contributed by atoms with Gasteiger partial charge < -0.3 is 16.0 Å². The number of nitrogens with one attached hydrogen (secondary N) is 3. The van der Waals surface area contributed by atoms with E-state index in [9.17, 15) is 14.4 Å². The fraction of sp³-hybridized carbons (Fsp3) is 0.357. The second-order valence-corrected chi connectivity index (χ2v) is 4.75. The second kappa shape index (κ2) is 8.26. The van der Waals surface area contributed by atoms with Crippen LogP contribution in [-0.4, -0.2) is 36.9 Å². The fourth-order valence-electron chi connectivity index (χ4n) is 1.59. The van der Waals surface area contributed by atoms with E-state index in [0.29, 0.717) is 17.1 Å². The Morgan fingerprint density at radius 3 is 2.48 bits per heavy atom. The molecular formula is C14H18ClN3O3. The standard InChI is InChI=1S/C14H18ClN3O3/c1-3-16-13(20)9(2)18-12(19)8-17-14(21)10-6-4-5-7-11(10)15/h4-7,9H,3,8H2,1-2H3,(H,16,20)(H,17,21)(H,18,19)/t9-/m1/s1. The zero-order valence-corrected chi connectivity index (χ0v) is 12.7. The Labute approximate surface area is 128 Å². The summed E-state index contributed by atoms with van der Waals surface area (Å²) in [6.07, 6.45) is 0. The molecule has 0 fully saturated rings. The summed E-state index contributed by atoms with van der Waals surface area (Å²) < 4.78 is 0. The van der Waals surface area contributed by atoms with Gasteiger partial charge in [0.1, 0.15) is 6.04 Å². The lowest BCUT2D eigenvalue weighted by Crippen LogP contribution is -2.47. The average Bonchev–Trinajstić information content (AvgIpc) is 2.45. The Hall–Kier alpha value is -2.08. The summed E-state index contributed by atoms with van der Waals surface area (Å²) in [6, 6.07) is 5.88. The lowest BCUT2D eigenvalue weighted by Gasteiger charge is -2.13. The molecule has 0 unspecified atom stereocenters. The summed E-state index contributed by atoms with van der Waals surface area (Å²) in [5, 5.41) is 7.84. The Kier molecular flexibility index (Phi) is 6.68. The monoisotopic (exact) mass is 311 g/mol. The van der Waals surface area contributed by atoms with E-state index in [0.717, 1.165) is 0 Å². The van der Waals surface area contributed by atoms with Crippen molar-refractivity contribution in [3.05, 3.63) is 34.9 Å². The van der Waals surface area contributed by atoms with Gasteiger partial charge in [0.05, 0.1) is 17.1 Å². The largest absolute Gasteiger partial charge is 0.355 e. The third-order valence-electron chi connectivity index (χ3n) is 2.65. The lowest BCUT2D eigenvalue weighted by atomic mass is 10.2. The van der Waals surface area contributed by atoms with E-state index >= 15 is 0 Å². The van der Waals surface area contributed by atoms with Crippen LogP contribution in [0.4, 0.5) is 0 Å². The number of rotatable bonds is 6. The maximum atomic E-state index is 11.8. The highest BCUT2D eigenvalue weighted by atomic mass is 35.5. The first-order valence-corrected chi connectivity index (χ1v) is 6.93. The van der Waals surface area contributed by atoms with Crippen LogP contribution in [-0.2, 0) is 9.59 Å².